The Bertz CT molecular complexity index is 574. The first-order chi connectivity index (χ1) is 12.2. The Balaban J connectivity index is 1.53. The number of imide groups is 1. The van der Waals surface area contributed by atoms with Gasteiger partial charge < -0.3 is 18.9 Å². The van der Waals surface area contributed by atoms with Crippen LogP contribution in [0.1, 0.15) is 23.2 Å². The van der Waals surface area contributed by atoms with Crippen LogP contribution >= 0.6 is 0 Å². The monoisotopic (exact) mass is 349 g/mol. The molecule has 0 bridgehead atoms. The van der Waals surface area contributed by atoms with Gasteiger partial charge >= 0.3 is 6.09 Å². The number of nitrogens with one attached hydrogen (secondary N) is 1. The van der Waals surface area contributed by atoms with Gasteiger partial charge in [-0.25, -0.2) is 4.79 Å². The summed E-state index contributed by atoms with van der Waals surface area (Å²) in [7, 11) is 1.58. The second kappa shape index (κ2) is 10.6. The summed E-state index contributed by atoms with van der Waals surface area (Å²) in [5.41, 5.74) is 0.404. The summed E-state index contributed by atoms with van der Waals surface area (Å²) in [6.45, 7) is 0.936. The van der Waals surface area contributed by atoms with E-state index in [0.717, 1.165) is 12.8 Å². The van der Waals surface area contributed by atoms with Gasteiger partial charge in [-0.15, -0.1) is 0 Å². The Hall–Kier alpha value is -2.22. The van der Waals surface area contributed by atoms with E-state index in [1.165, 1.54) is 0 Å². The molecule has 1 aromatic carbocycles. The molecule has 25 heavy (non-hydrogen) atoms. The van der Waals surface area contributed by atoms with Crippen molar-refractivity contribution in [1.82, 2.24) is 5.32 Å². The Kier molecular flexibility index (Phi) is 8.11. The number of allylic oxidation sites excluding steroid dienone is 1. The van der Waals surface area contributed by atoms with Crippen LogP contribution < -0.4 is 5.32 Å². The number of carbonyl (C=O) groups excluding carboxylic acids is 2. The molecule has 0 unspecified atom stereocenters. The fourth-order valence-corrected chi connectivity index (χ4v) is 2.17. The van der Waals surface area contributed by atoms with Gasteiger partial charge in [0, 0.05) is 12.7 Å². The molecule has 1 aliphatic heterocycles. The average Bonchev–Trinajstić information content (AvgIpc) is 3.38. The lowest BCUT2D eigenvalue weighted by atomic mass is 10.2. The van der Waals surface area contributed by atoms with Crippen LogP contribution in [0.15, 0.2) is 42.5 Å². The summed E-state index contributed by atoms with van der Waals surface area (Å²) in [6.07, 6.45) is 4.86. The molecular weight excluding hydrogens is 326 g/mol. The van der Waals surface area contributed by atoms with E-state index in [0.29, 0.717) is 12.2 Å². The van der Waals surface area contributed by atoms with Crippen LogP contribution in [-0.4, -0.2) is 51.3 Å². The first kappa shape index (κ1) is 19.1. The minimum absolute atomic E-state index is 0.0853. The summed E-state index contributed by atoms with van der Waals surface area (Å²) in [5.74, 6) is -0.486. The molecule has 1 aliphatic rings. The predicted molar refractivity (Wildman–Crippen MR) is 90.1 cm³/mol. The highest BCUT2D eigenvalue weighted by molar-refractivity contribution is 6.02. The molecule has 2 amide bonds. The number of rotatable bonds is 10. The lowest BCUT2D eigenvalue weighted by Crippen LogP contribution is -2.32. The van der Waals surface area contributed by atoms with E-state index in [1.54, 1.807) is 37.4 Å². The third-order valence-electron chi connectivity index (χ3n) is 3.52. The zero-order valence-corrected chi connectivity index (χ0v) is 14.2. The van der Waals surface area contributed by atoms with Crippen molar-refractivity contribution in [3.63, 3.8) is 0 Å². The van der Waals surface area contributed by atoms with Crippen molar-refractivity contribution in [2.75, 3.05) is 27.1 Å². The van der Waals surface area contributed by atoms with Crippen LogP contribution in [0.3, 0.4) is 0 Å². The smallest absolute Gasteiger partial charge is 0.414 e. The Morgan fingerprint density at radius 1 is 1.20 bits per heavy atom. The molecule has 1 heterocycles. The largest absolute Gasteiger partial charge is 0.446 e. The van der Waals surface area contributed by atoms with Crippen molar-refractivity contribution in [2.24, 2.45) is 0 Å². The van der Waals surface area contributed by atoms with Crippen LogP contribution in [0.2, 0.25) is 0 Å². The lowest BCUT2D eigenvalue weighted by Gasteiger charge is -2.04. The molecule has 0 spiro atoms. The number of hydrogen-bond acceptors (Lipinski definition) is 6. The van der Waals surface area contributed by atoms with Crippen molar-refractivity contribution >= 4 is 12.0 Å². The fraction of sp³-hybridized carbons (Fsp3) is 0.444. The van der Waals surface area contributed by atoms with Gasteiger partial charge in [0.1, 0.15) is 19.5 Å². The maximum atomic E-state index is 11.8. The number of epoxide rings is 1. The number of hydrogen-bond donors (Lipinski definition) is 1. The number of benzene rings is 1. The van der Waals surface area contributed by atoms with Gasteiger partial charge in [-0.3, -0.25) is 10.1 Å². The molecule has 0 radical (unpaired) electrons. The van der Waals surface area contributed by atoms with Crippen LogP contribution in [0.25, 0.3) is 0 Å². The molecule has 136 valence electrons. The molecule has 1 aromatic rings. The number of carbonyl (C=O) groups is 2. The molecule has 2 rings (SSSR count). The van der Waals surface area contributed by atoms with E-state index in [4.69, 9.17) is 18.9 Å². The molecule has 2 atom stereocenters. The molecule has 1 fully saturated rings. The van der Waals surface area contributed by atoms with E-state index in [9.17, 15) is 9.59 Å². The highest BCUT2D eigenvalue weighted by Gasteiger charge is 2.38. The predicted octanol–water partition coefficient (Wildman–Crippen LogP) is 2.28. The normalized spacial score (nSPS) is 18.9. The number of ether oxygens (including phenoxy) is 4. The molecular formula is C18H23NO6. The molecule has 1 N–H and O–H groups in total. The van der Waals surface area contributed by atoms with E-state index in [2.05, 4.69) is 5.32 Å². The standard InChI is InChI=1S/C18H23NO6/c1-22-13-23-11-7-3-6-10-15-16(25-15)12-24-18(21)19-17(20)14-8-4-2-5-9-14/h2-5,7-9,15-16H,6,10-13H2,1H3,(H,19,20,21)/b7-3-/t15-,16-/m0/s1. The zero-order chi connectivity index (χ0) is 17.9. The van der Waals surface area contributed by atoms with Crippen molar-refractivity contribution in [1.29, 1.82) is 0 Å². The zero-order valence-electron chi connectivity index (χ0n) is 14.2. The molecule has 0 saturated carbocycles. The first-order valence-electron chi connectivity index (χ1n) is 8.11. The second-order valence-electron chi connectivity index (χ2n) is 5.46. The molecule has 0 aromatic heterocycles. The molecule has 7 nitrogen and oxygen atoms in total. The fourth-order valence-electron chi connectivity index (χ4n) is 2.17. The van der Waals surface area contributed by atoms with Gasteiger partial charge in [0.2, 0.25) is 0 Å². The van der Waals surface area contributed by atoms with E-state index in [-0.39, 0.29) is 25.6 Å². The van der Waals surface area contributed by atoms with Gasteiger partial charge in [0.15, 0.2) is 0 Å². The first-order valence-corrected chi connectivity index (χ1v) is 8.11. The van der Waals surface area contributed by atoms with E-state index in [1.807, 2.05) is 12.2 Å². The molecule has 7 heteroatoms. The SMILES string of the molecule is COCOC/C=C\CC[C@@H]1O[C@H]1COC(=O)NC(=O)c1ccccc1. The molecule has 0 aliphatic carbocycles. The van der Waals surface area contributed by atoms with Gasteiger partial charge in [-0.05, 0) is 25.0 Å². The quantitative estimate of drug-likeness (QED) is 0.302. The maximum absolute atomic E-state index is 11.8. The highest BCUT2D eigenvalue weighted by atomic mass is 16.7. The average molecular weight is 349 g/mol. The van der Waals surface area contributed by atoms with Crippen LogP contribution in [-0.2, 0) is 18.9 Å². The van der Waals surface area contributed by atoms with Gasteiger partial charge in [0.25, 0.3) is 5.91 Å². The minimum Gasteiger partial charge on any atom is -0.446 e. The maximum Gasteiger partial charge on any atom is 0.414 e. The van der Waals surface area contributed by atoms with Crippen molar-refractivity contribution in [2.45, 2.75) is 25.0 Å². The van der Waals surface area contributed by atoms with Crippen LogP contribution in [0.5, 0.6) is 0 Å². The summed E-state index contributed by atoms with van der Waals surface area (Å²) >= 11 is 0. The Labute approximate surface area is 146 Å². The lowest BCUT2D eigenvalue weighted by molar-refractivity contribution is -0.0187. The highest BCUT2D eigenvalue weighted by Crippen LogP contribution is 2.26. The number of amides is 2. The van der Waals surface area contributed by atoms with Crippen LogP contribution in [0, 0.1) is 0 Å². The summed E-state index contributed by atoms with van der Waals surface area (Å²) in [6, 6.07) is 8.48. The third-order valence-corrected chi connectivity index (χ3v) is 3.52. The van der Waals surface area contributed by atoms with Crippen LogP contribution in [0.4, 0.5) is 4.79 Å². The van der Waals surface area contributed by atoms with Gasteiger partial charge in [0.05, 0.1) is 12.7 Å². The Morgan fingerprint density at radius 3 is 2.76 bits per heavy atom. The van der Waals surface area contributed by atoms with E-state index < -0.39 is 12.0 Å². The second-order valence-corrected chi connectivity index (χ2v) is 5.46. The Morgan fingerprint density at radius 2 is 2.00 bits per heavy atom. The van der Waals surface area contributed by atoms with Gasteiger partial charge in [-0.1, -0.05) is 30.4 Å². The third kappa shape index (κ3) is 7.47. The summed E-state index contributed by atoms with van der Waals surface area (Å²) < 4.78 is 20.3. The summed E-state index contributed by atoms with van der Waals surface area (Å²) in [4.78, 5) is 23.4. The van der Waals surface area contributed by atoms with Gasteiger partial charge in [-0.2, -0.15) is 0 Å². The number of alkyl carbamates (subject to hydrolysis) is 1. The van der Waals surface area contributed by atoms with E-state index >= 15 is 0 Å². The number of methoxy groups -OCH3 is 1. The van der Waals surface area contributed by atoms with Crippen molar-refractivity contribution < 1.29 is 28.5 Å². The minimum atomic E-state index is -0.765. The topological polar surface area (TPSA) is 86.4 Å². The van der Waals surface area contributed by atoms with Crippen molar-refractivity contribution in [3.8, 4) is 0 Å². The summed E-state index contributed by atoms with van der Waals surface area (Å²) in [5, 5.41) is 2.18. The molecule has 1 saturated heterocycles. The van der Waals surface area contributed by atoms with Crippen molar-refractivity contribution in [3.05, 3.63) is 48.0 Å².